The third-order valence-electron chi connectivity index (χ3n) is 3.78. The lowest BCUT2D eigenvalue weighted by Gasteiger charge is -2.12. The number of sulfonamides is 1. The van der Waals surface area contributed by atoms with Crippen LogP contribution in [0, 0.1) is 0 Å². The number of Topliss-reactive ketones (excluding diaryl/α,β-unsaturated/α-hetero) is 1. The van der Waals surface area contributed by atoms with Crippen molar-refractivity contribution < 1.29 is 18.0 Å². The van der Waals surface area contributed by atoms with Crippen LogP contribution >= 0.6 is 0 Å². The molecule has 0 aliphatic carbocycles. The molecule has 1 amide bonds. The van der Waals surface area contributed by atoms with Crippen molar-refractivity contribution in [1.82, 2.24) is 9.62 Å². The molecule has 0 saturated heterocycles. The van der Waals surface area contributed by atoms with E-state index >= 15 is 0 Å². The molecule has 0 saturated carbocycles. The molecule has 2 aromatic carbocycles. The summed E-state index contributed by atoms with van der Waals surface area (Å²) in [7, 11) is -0.00894. The fourth-order valence-electron chi connectivity index (χ4n) is 2.31. The van der Waals surface area contributed by atoms with Crippen LogP contribution in [0.5, 0.6) is 0 Å². The second-order valence-electron chi connectivity index (χ2n) is 6.32. The number of rotatable bonds is 8. The molecule has 0 aromatic heterocycles. The van der Waals surface area contributed by atoms with Gasteiger partial charge in [-0.2, -0.15) is 0 Å². The zero-order valence-corrected chi connectivity index (χ0v) is 16.3. The van der Waals surface area contributed by atoms with Gasteiger partial charge in [0.15, 0.2) is 5.78 Å². The second kappa shape index (κ2) is 8.90. The molecule has 2 N–H and O–H groups in total. The number of anilines is 1. The summed E-state index contributed by atoms with van der Waals surface area (Å²) < 4.78 is 27.2. The van der Waals surface area contributed by atoms with E-state index in [9.17, 15) is 18.0 Å². The van der Waals surface area contributed by atoms with Crippen LogP contribution in [0.3, 0.4) is 0 Å². The monoisotopic (exact) mass is 389 g/mol. The van der Waals surface area contributed by atoms with E-state index in [2.05, 4.69) is 10.0 Å². The van der Waals surface area contributed by atoms with E-state index in [4.69, 9.17) is 0 Å². The van der Waals surface area contributed by atoms with Crippen molar-refractivity contribution in [1.29, 1.82) is 0 Å². The molecule has 0 spiro atoms. The van der Waals surface area contributed by atoms with Crippen LogP contribution in [-0.2, 0) is 10.0 Å². The molecule has 0 aliphatic rings. The van der Waals surface area contributed by atoms with Crippen LogP contribution in [0.15, 0.2) is 53.4 Å². The SMILES string of the molecule is CC(=O)c1cccc(NC(=O)c2cccc(S(=O)(=O)NCCN(C)C)c2)c1. The van der Waals surface area contributed by atoms with Crippen molar-refractivity contribution in [2.75, 3.05) is 32.5 Å². The largest absolute Gasteiger partial charge is 0.322 e. The van der Waals surface area contributed by atoms with Crippen LogP contribution < -0.4 is 10.0 Å². The van der Waals surface area contributed by atoms with Gasteiger partial charge in [-0.25, -0.2) is 13.1 Å². The van der Waals surface area contributed by atoms with Gasteiger partial charge >= 0.3 is 0 Å². The molecule has 8 heteroatoms. The van der Waals surface area contributed by atoms with Gasteiger partial charge in [-0.1, -0.05) is 18.2 Å². The van der Waals surface area contributed by atoms with Gasteiger partial charge in [0.2, 0.25) is 10.0 Å². The standard InChI is InChI=1S/C19H23N3O4S/c1-14(23)15-6-4-8-17(12-15)21-19(24)16-7-5-9-18(13-16)27(25,26)20-10-11-22(2)3/h4-9,12-13,20H,10-11H2,1-3H3,(H,21,24). The summed E-state index contributed by atoms with van der Waals surface area (Å²) in [6.45, 7) is 2.27. The Hall–Kier alpha value is -2.55. The van der Waals surface area contributed by atoms with Gasteiger partial charge < -0.3 is 10.2 Å². The van der Waals surface area contributed by atoms with Gasteiger partial charge in [0.05, 0.1) is 4.90 Å². The number of nitrogens with one attached hydrogen (secondary N) is 2. The van der Waals surface area contributed by atoms with Gasteiger partial charge in [0, 0.05) is 29.9 Å². The van der Waals surface area contributed by atoms with E-state index in [1.54, 1.807) is 24.3 Å². The smallest absolute Gasteiger partial charge is 0.255 e. The van der Waals surface area contributed by atoms with Crippen LogP contribution in [0.1, 0.15) is 27.6 Å². The van der Waals surface area contributed by atoms with Gasteiger partial charge in [-0.15, -0.1) is 0 Å². The molecule has 0 unspecified atom stereocenters. The van der Waals surface area contributed by atoms with Gasteiger partial charge in [-0.3, -0.25) is 9.59 Å². The highest BCUT2D eigenvalue weighted by atomic mass is 32.2. The minimum absolute atomic E-state index is 0.0198. The average molecular weight is 389 g/mol. The van der Waals surface area contributed by atoms with E-state index in [0.717, 1.165) is 0 Å². The normalized spacial score (nSPS) is 11.4. The Morgan fingerprint density at radius 1 is 1.00 bits per heavy atom. The first-order valence-electron chi connectivity index (χ1n) is 8.36. The molecule has 2 rings (SSSR count). The molecule has 2 aromatic rings. The van der Waals surface area contributed by atoms with Crippen molar-refractivity contribution in [2.24, 2.45) is 0 Å². The predicted molar refractivity (Wildman–Crippen MR) is 105 cm³/mol. The molecule has 7 nitrogen and oxygen atoms in total. The molecule has 27 heavy (non-hydrogen) atoms. The molecule has 0 aliphatic heterocycles. The Balaban J connectivity index is 2.15. The van der Waals surface area contributed by atoms with E-state index in [-0.39, 0.29) is 22.8 Å². The number of hydrogen-bond donors (Lipinski definition) is 2. The zero-order chi connectivity index (χ0) is 20.0. The lowest BCUT2D eigenvalue weighted by molar-refractivity contribution is 0.101. The van der Waals surface area contributed by atoms with E-state index in [0.29, 0.717) is 17.8 Å². The minimum Gasteiger partial charge on any atom is -0.322 e. The molecular weight excluding hydrogens is 366 g/mol. The fourth-order valence-corrected chi connectivity index (χ4v) is 3.38. The number of nitrogens with zero attached hydrogens (tertiary/aromatic N) is 1. The van der Waals surface area contributed by atoms with E-state index in [1.807, 2.05) is 19.0 Å². The van der Waals surface area contributed by atoms with Crippen LogP contribution in [0.25, 0.3) is 0 Å². The molecule has 0 radical (unpaired) electrons. The van der Waals surface area contributed by atoms with E-state index in [1.165, 1.54) is 31.2 Å². The summed E-state index contributed by atoms with van der Waals surface area (Å²) >= 11 is 0. The number of ketones is 1. The summed E-state index contributed by atoms with van der Waals surface area (Å²) in [6.07, 6.45) is 0. The zero-order valence-electron chi connectivity index (χ0n) is 15.5. The van der Waals surface area contributed by atoms with Gasteiger partial charge in [-0.05, 0) is 51.4 Å². The number of likely N-dealkylation sites (N-methyl/N-ethyl adjacent to an activating group) is 1. The molecule has 0 bridgehead atoms. The van der Waals surface area contributed by atoms with Crippen molar-refractivity contribution >= 4 is 27.4 Å². The summed E-state index contributed by atoms with van der Waals surface area (Å²) in [5.74, 6) is -0.566. The lowest BCUT2D eigenvalue weighted by atomic mass is 10.1. The third kappa shape index (κ3) is 5.99. The Morgan fingerprint density at radius 3 is 2.33 bits per heavy atom. The minimum atomic E-state index is -3.70. The Kier molecular flexibility index (Phi) is 6.84. The van der Waals surface area contributed by atoms with Crippen LogP contribution in [0.2, 0.25) is 0 Å². The summed E-state index contributed by atoms with van der Waals surface area (Å²) in [6, 6.07) is 12.4. The maximum Gasteiger partial charge on any atom is 0.255 e. The van der Waals surface area contributed by atoms with Crippen LogP contribution in [-0.4, -0.2) is 52.2 Å². The van der Waals surface area contributed by atoms with Gasteiger partial charge in [0.1, 0.15) is 0 Å². The quantitative estimate of drug-likeness (QED) is 0.673. The van der Waals surface area contributed by atoms with Crippen molar-refractivity contribution in [3.05, 3.63) is 59.7 Å². The first-order chi connectivity index (χ1) is 12.7. The molecular formula is C19H23N3O4S. The molecule has 0 heterocycles. The van der Waals surface area contributed by atoms with Crippen LogP contribution in [0.4, 0.5) is 5.69 Å². The topological polar surface area (TPSA) is 95.6 Å². The summed E-state index contributed by atoms with van der Waals surface area (Å²) in [5.41, 5.74) is 1.15. The summed E-state index contributed by atoms with van der Waals surface area (Å²) in [4.78, 5) is 25.8. The molecule has 0 atom stereocenters. The molecule has 144 valence electrons. The Morgan fingerprint density at radius 2 is 1.67 bits per heavy atom. The number of carbonyl (C=O) groups excluding carboxylic acids is 2. The highest BCUT2D eigenvalue weighted by Crippen LogP contribution is 2.15. The highest BCUT2D eigenvalue weighted by Gasteiger charge is 2.16. The summed E-state index contributed by atoms with van der Waals surface area (Å²) in [5, 5.41) is 2.68. The van der Waals surface area contributed by atoms with Crippen molar-refractivity contribution in [3.63, 3.8) is 0 Å². The highest BCUT2D eigenvalue weighted by molar-refractivity contribution is 7.89. The maximum absolute atomic E-state index is 12.5. The number of carbonyl (C=O) groups is 2. The van der Waals surface area contributed by atoms with Gasteiger partial charge in [0.25, 0.3) is 5.91 Å². The fraction of sp³-hybridized carbons (Fsp3) is 0.263. The predicted octanol–water partition coefficient (Wildman–Crippen LogP) is 1.98. The number of benzene rings is 2. The Labute approximate surface area is 159 Å². The van der Waals surface area contributed by atoms with Crippen molar-refractivity contribution in [3.8, 4) is 0 Å². The number of hydrogen-bond acceptors (Lipinski definition) is 5. The number of amides is 1. The molecule has 0 fully saturated rings. The first kappa shape index (κ1) is 20.8. The average Bonchev–Trinajstić information content (AvgIpc) is 2.61. The van der Waals surface area contributed by atoms with E-state index < -0.39 is 15.9 Å². The first-order valence-corrected chi connectivity index (χ1v) is 9.84. The Bertz CT molecular complexity index is 939. The maximum atomic E-state index is 12.5. The second-order valence-corrected chi connectivity index (χ2v) is 8.09. The van der Waals surface area contributed by atoms with Crippen molar-refractivity contribution in [2.45, 2.75) is 11.8 Å². The third-order valence-corrected chi connectivity index (χ3v) is 5.24. The lowest BCUT2D eigenvalue weighted by Crippen LogP contribution is -2.31.